The van der Waals surface area contributed by atoms with Gasteiger partial charge in [-0.25, -0.2) is 0 Å². The Labute approximate surface area is 139 Å². The summed E-state index contributed by atoms with van der Waals surface area (Å²) in [5, 5.41) is 12.5. The summed E-state index contributed by atoms with van der Waals surface area (Å²) in [6.07, 6.45) is 1.90. The third-order valence-electron chi connectivity index (χ3n) is 3.39. The molecule has 23 heavy (non-hydrogen) atoms. The summed E-state index contributed by atoms with van der Waals surface area (Å²) in [5.74, 6) is -0.0312. The lowest BCUT2D eigenvalue weighted by atomic mass is 10.1. The second-order valence-electron chi connectivity index (χ2n) is 5.20. The van der Waals surface area contributed by atoms with Crippen LogP contribution in [0, 0.1) is 0 Å². The molecular weight excluding hydrogens is 306 g/mol. The van der Waals surface area contributed by atoms with Crippen LogP contribution < -0.4 is 5.32 Å². The van der Waals surface area contributed by atoms with Crippen molar-refractivity contribution in [3.63, 3.8) is 0 Å². The summed E-state index contributed by atoms with van der Waals surface area (Å²) < 4.78 is 0. The molecule has 1 amide bonds. The highest BCUT2D eigenvalue weighted by Gasteiger charge is 2.09. The monoisotopic (exact) mass is 323 g/mol. The van der Waals surface area contributed by atoms with Crippen LogP contribution in [0.1, 0.15) is 22.6 Å². The molecule has 2 aromatic carbocycles. The summed E-state index contributed by atoms with van der Waals surface area (Å²) >= 11 is 1.42. The number of hydrogen-bond acceptors (Lipinski definition) is 4. The van der Waals surface area contributed by atoms with Gasteiger partial charge in [0, 0.05) is 12.8 Å². The minimum atomic E-state index is -0.0312. The first-order valence-corrected chi connectivity index (χ1v) is 8.31. The van der Waals surface area contributed by atoms with E-state index >= 15 is 0 Å². The van der Waals surface area contributed by atoms with Gasteiger partial charge < -0.3 is 5.32 Å². The first-order valence-electron chi connectivity index (χ1n) is 7.50. The lowest BCUT2D eigenvalue weighted by molar-refractivity contribution is -0.116. The third-order valence-corrected chi connectivity index (χ3v) is 4.23. The topological polar surface area (TPSA) is 54.9 Å². The molecule has 5 heteroatoms. The van der Waals surface area contributed by atoms with Gasteiger partial charge in [0.05, 0.1) is 0 Å². The number of amides is 1. The molecule has 3 rings (SSSR count). The Morgan fingerprint density at radius 2 is 1.57 bits per heavy atom. The van der Waals surface area contributed by atoms with Gasteiger partial charge in [-0.15, -0.1) is 10.2 Å². The lowest BCUT2D eigenvalue weighted by Crippen LogP contribution is -2.12. The number of carbonyl (C=O) groups is 1. The Kier molecular flexibility index (Phi) is 5.11. The van der Waals surface area contributed by atoms with Crippen molar-refractivity contribution in [2.24, 2.45) is 0 Å². The second-order valence-corrected chi connectivity index (χ2v) is 6.26. The highest BCUT2D eigenvalue weighted by Crippen LogP contribution is 2.18. The van der Waals surface area contributed by atoms with Crippen LogP contribution in [-0.2, 0) is 17.6 Å². The molecule has 3 aromatic rings. The standard InChI is InChI=1S/C18H17N3OS/c22-16(12-11-14-7-3-1-4-8-14)19-18-21-20-17(23-18)13-15-9-5-2-6-10-15/h1-10H,11-13H2,(H,19,21,22). The zero-order chi connectivity index (χ0) is 15.9. The zero-order valence-electron chi connectivity index (χ0n) is 12.6. The minimum absolute atomic E-state index is 0.0312. The van der Waals surface area contributed by atoms with Crippen molar-refractivity contribution in [1.82, 2.24) is 10.2 Å². The second kappa shape index (κ2) is 7.65. The molecule has 0 aliphatic heterocycles. The molecule has 0 fully saturated rings. The highest BCUT2D eigenvalue weighted by atomic mass is 32.1. The van der Waals surface area contributed by atoms with Gasteiger partial charge in [-0.3, -0.25) is 4.79 Å². The van der Waals surface area contributed by atoms with E-state index in [1.165, 1.54) is 16.9 Å². The number of aryl methyl sites for hydroxylation is 1. The number of benzene rings is 2. The number of rotatable bonds is 6. The van der Waals surface area contributed by atoms with E-state index in [2.05, 4.69) is 27.6 Å². The first-order chi connectivity index (χ1) is 11.3. The van der Waals surface area contributed by atoms with Gasteiger partial charge in [-0.05, 0) is 17.5 Å². The number of carbonyl (C=O) groups excluding carboxylic acids is 1. The quantitative estimate of drug-likeness (QED) is 0.752. The van der Waals surface area contributed by atoms with Crippen molar-refractivity contribution >= 4 is 22.4 Å². The molecule has 0 aliphatic rings. The van der Waals surface area contributed by atoms with E-state index in [0.29, 0.717) is 11.6 Å². The Balaban J connectivity index is 1.51. The number of anilines is 1. The third kappa shape index (κ3) is 4.72. The molecule has 0 unspecified atom stereocenters. The van der Waals surface area contributed by atoms with Gasteiger partial charge in [0.1, 0.15) is 5.01 Å². The lowest BCUT2D eigenvalue weighted by Gasteiger charge is -2.01. The number of nitrogens with zero attached hydrogens (tertiary/aromatic N) is 2. The number of hydrogen-bond donors (Lipinski definition) is 1. The van der Waals surface area contributed by atoms with Gasteiger partial charge in [-0.1, -0.05) is 72.0 Å². The van der Waals surface area contributed by atoms with Crippen LogP contribution in [0.15, 0.2) is 60.7 Å². The van der Waals surface area contributed by atoms with E-state index in [-0.39, 0.29) is 5.91 Å². The van der Waals surface area contributed by atoms with Gasteiger partial charge in [0.25, 0.3) is 0 Å². The molecule has 0 saturated heterocycles. The first kappa shape index (κ1) is 15.4. The fourth-order valence-corrected chi connectivity index (χ4v) is 3.02. The summed E-state index contributed by atoms with van der Waals surface area (Å²) in [7, 11) is 0. The van der Waals surface area contributed by atoms with Crippen molar-refractivity contribution in [3.05, 3.63) is 76.8 Å². The average Bonchev–Trinajstić information content (AvgIpc) is 3.02. The maximum absolute atomic E-state index is 12.0. The molecule has 0 bridgehead atoms. The van der Waals surface area contributed by atoms with E-state index in [4.69, 9.17) is 0 Å². The molecule has 0 saturated carbocycles. The predicted octanol–water partition coefficient (Wildman–Crippen LogP) is 3.70. The summed E-state index contributed by atoms with van der Waals surface area (Å²) in [6, 6.07) is 20.1. The normalized spacial score (nSPS) is 10.4. The van der Waals surface area contributed by atoms with Crippen molar-refractivity contribution in [3.8, 4) is 0 Å². The molecule has 4 nitrogen and oxygen atoms in total. The Morgan fingerprint density at radius 1 is 0.913 bits per heavy atom. The van der Waals surface area contributed by atoms with Crippen LogP contribution >= 0.6 is 11.3 Å². The highest BCUT2D eigenvalue weighted by molar-refractivity contribution is 7.15. The minimum Gasteiger partial charge on any atom is -0.301 e. The smallest absolute Gasteiger partial charge is 0.226 e. The van der Waals surface area contributed by atoms with Crippen molar-refractivity contribution in [1.29, 1.82) is 0 Å². The van der Waals surface area contributed by atoms with Gasteiger partial charge in [-0.2, -0.15) is 0 Å². The molecule has 1 N–H and O–H groups in total. The Hall–Kier alpha value is -2.53. The van der Waals surface area contributed by atoms with Crippen LogP contribution in [-0.4, -0.2) is 16.1 Å². The van der Waals surface area contributed by atoms with Crippen molar-refractivity contribution in [2.75, 3.05) is 5.32 Å². The summed E-state index contributed by atoms with van der Waals surface area (Å²) in [6.45, 7) is 0. The fraction of sp³-hybridized carbons (Fsp3) is 0.167. The van der Waals surface area contributed by atoms with Gasteiger partial charge in [0.15, 0.2) is 0 Å². The van der Waals surface area contributed by atoms with Crippen LogP contribution in [0.4, 0.5) is 5.13 Å². The molecule has 116 valence electrons. The Morgan fingerprint density at radius 3 is 2.26 bits per heavy atom. The van der Waals surface area contributed by atoms with Crippen LogP contribution in [0.5, 0.6) is 0 Å². The fourth-order valence-electron chi connectivity index (χ4n) is 2.23. The molecule has 0 aliphatic carbocycles. The molecule has 1 aromatic heterocycles. The van der Waals surface area contributed by atoms with E-state index in [1.807, 2.05) is 48.5 Å². The van der Waals surface area contributed by atoms with E-state index in [0.717, 1.165) is 23.4 Å². The zero-order valence-corrected chi connectivity index (χ0v) is 13.4. The molecular formula is C18H17N3OS. The van der Waals surface area contributed by atoms with Crippen LogP contribution in [0.25, 0.3) is 0 Å². The van der Waals surface area contributed by atoms with Gasteiger partial charge in [0.2, 0.25) is 11.0 Å². The van der Waals surface area contributed by atoms with Crippen molar-refractivity contribution < 1.29 is 4.79 Å². The maximum Gasteiger partial charge on any atom is 0.226 e. The summed E-state index contributed by atoms with van der Waals surface area (Å²) in [4.78, 5) is 12.0. The molecule has 1 heterocycles. The number of aromatic nitrogens is 2. The molecule has 0 spiro atoms. The number of nitrogens with one attached hydrogen (secondary N) is 1. The average molecular weight is 323 g/mol. The van der Waals surface area contributed by atoms with Gasteiger partial charge >= 0.3 is 0 Å². The van der Waals surface area contributed by atoms with E-state index < -0.39 is 0 Å². The molecule has 0 radical (unpaired) electrons. The van der Waals surface area contributed by atoms with Crippen LogP contribution in [0.3, 0.4) is 0 Å². The predicted molar refractivity (Wildman–Crippen MR) is 92.5 cm³/mol. The Bertz CT molecular complexity index is 756. The van der Waals surface area contributed by atoms with E-state index in [1.54, 1.807) is 0 Å². The maximum atomic E-state index is 12.0. The van der Waals surface area contributed by atoms with E-state index in [9.17, 15) is 4.79 Å². The molecule has 0 atom stereocenters. The SMILES string of the molecule is O=C(CCc1ccccc1)Nc1nnc(Cc2ccccc2)s1. The van der Waals surface area contributed by atoms with Crippen molar-refractivity contribution in [2.45, 2.75) is 19.3 Å². The summed E-state index contributed by atoms with van der Waals surface area (Å²) in [5.41, 5.74) is 2.34. The van der Waals surface area contributed by atoms with Crippen LogP contribution in [0.2, 0.25) is 0 Å². The largest absolute Gasteiger partial charge is 0.301 e.